The molecule has 0 spiro atoms. The van der Waals surface area contributed by atoms with Gasteiger partial charge in [0.2, 0.25) is 5.95 Å². The summed E-state index contributed by atoms with van der Waals surface area (Å²) in [5.74, 6) is 1.44. The maximum absolute atomic E-state index is 11.3. The molecule has 9 heteroatoms. The Morgan fingerprint density at radius 1 is 1.03 bits per heavy atom. The molecule has 3 N–H and O–H groups in total. The number of urea groups is 1. The number of benzene rings is 1. The molecule has 0 saturated carbocycles. The highest BCUT2D eigenvalue weighted by molar-refractivity contribution is 5.72. The maximum atomic E-state index is 11.3. The number of ether oxygens (including phenoxy) is 1. The average molecular weight is 397 g/mol. The third-order valence-corrected chi connectivity index (χ3v) is 5.34. The molecule has 29 heavy (non-hydrogen) atoms. The molecule has 154 valence electrons. The number of primary amides is 1. The number of nitrogens with two attached hydrogens (primary N) is 1. The van der Waals surface area contributed by atoms with E-state index in [-0.39, 0.29) is 6.03 Å². The monoisotopic (exact) mass is 397 g/mol. The van der Waals surface area contributed by atoms with E-state index in [0.29, 0.717) is 32.1 Å². The zero-order chi connectivity index (χ0) is 20.2. The van der Waals surface area contributed by atoms with Gasteiger partial charge in [-0.3, -0.25) is 0 Å². The molecule has 1 aromatic heterocycles. The number of aryl methyl sites for hydroxylation is 1. The Kier molecular flexibility index (Phi) is 5.66. The SMILES string of the molecule is Cc1cnc(Nc2ccc(N3CCOCC3)cc2)nc1N1CCN(C(N)=O)CC1. The number of nitrogens with zero attached hydrogens (tertiary/aromatic N) is 5. The van der Waals surface area contributed by atoms with Crippen LogP contribution in [0.4, 0.5) is 27.9 Å². The van der Waals surface area contributed by atoms with Gasteiger partial charge in [-0.2, -0.15) is 4.98 Å². The van der Waals surface area contributed by atoms with Crippen molar-refractivity contribution in [3.05, 3.63) is 36.0 Å². The fourth-order valence-electron chi connectivity index (χ4n) is 3.66. The van der Waals surface area contributed by atoms with Crippen molar-refractivity contribution in [2.45, 2.75) is 6.92 Å². The topological polar surface area (TPSA) is 99.8 Å². The first kappa shape index (κ1) is 19.3. The summed E-state index contributed by atoms with van der Waals surface area (Å²) in [6, 6.07) is 7.92. The lowest BCUT2D eigenvalue weighted by Crippen LogP contribution is -2.50. The lowest BCUT2D eigenvalue weighted by molar-refractivity contribution is 0.122. The Hall–Kier alpha value is -3.07. The van der Waals surface area contributed by atoms with Crippen LogP contribution in [0.5, 0.6) is 0 Å². The number of carbonyl (C=O) groups excluding carboxylic acids is 1. The highest BCUT2D eigenvalue weighted by atomic mass is 16.5. The molecule has 2 aliphatic rings. The van der Waals surface area contributed by atoms with Gasteiger partial charge >= 0.3 is 6.03 Å². The zero-order valence-corrected chi connectivity index (χ0v) is 16.7. The molecule has 0 atom stereocenters. The Bertz CT molecular complexity index is 844. The zero-order valence-electron chi connectivity index (χ0n) is 16.7. The molecular formula is C20H27N7O2. The Morgan fingerprint density at radius 3 is 2.38 bits per heavy atom. The summed E-state index contributed by atoms with van der Waals surface area (Å²) in [7, 11) is 0. The number of piperazine rings is 1. The van der Waals surface area contributed by atoms with Gasteiger partial charge in [-0.15, -0.1) is 0 Å². The second-order valence-electron chi connectivity index (χ2n) is 7.28. The van der Waals surface area contributed by atoms with E-state index in [2.05, 4.69) is 32.2 Å². The third kappa shape index (κ3) is 4.51. The molecular weight excluding hydrogens is 370 g/mol. The van der Waals surface area contributed by atoms with Crippen LogP contribution in [0.2, 0.25) is 0 Å². The Morgan fingerprint density at radius 2 is 1.72 bits per heavy atom. The predicted octanol–water partition coefficient (Wildman–Crippen LogP) is 1.57. The number of hydrogen-bond acceptors (Lipinski definition) is 7. The summed E-state index contributed by atoms with van der Waals surface area (Å²) >= 11 is 0. The number of carbonyl (C=O) groups is 1. The summed E-state index contributed by atoms with van der Waals surface area (Å²) < 4.78 is 5.41. The first-order valence-electron chi connectivity index (χ1n) is 9.93. The van der Waals surface area contributed by atoms with Crippen molar-refractivity contribution in [1.82, 2.24) is 14.9 Å². The van der Waals surface area contributed by atoms with E-state index in [1.807, 2.05) is 25.3 Å². The Balaban J connectivity index is 1.43. The molecule has 0 unspecified atom stereocenters. The fourth-order valence-corrected chi connectivity index (χ4v) is 3.66. The van der Waals surface area contributed by atoms with Crippen LogP contribution >= 0.6 is 0 Å². The number of morpholine rings is 1. The first-order chi connectivity index (χ1) is 14.1. The summed E-state index contributed by atoms with van der Waals surface area (Å²) in [5.41, 5.74) is 8.51. The third-order valence-electron chi connectivity index (χ3n) is 5.34. The van der Waals surface area contributed by atoms with E-state index in [4.69, 9.17) is 15.5 Å². The van der Waals surface area contributed by atoms with Crippen molar-refractivity contribution < 1.29 is 9.53 Å². The van der Waals surface area contributed by atoms with Crippen molar-refractivity contribution in [3.63, 3.8) is 0 Å². The highest BCUT2D eigenvalue weighted by Gasteiger charge is 2.21. The molecule has 2 aromatic rings. The van der Waals surface area contributed by atoms with Gasteiger partial charge < -0.3 is 30.5 Å². The van der Waals surface area contributed by atoms with E-state index >= 15 is 0 Å². The molecule has 9 nitrogen and oxygen atoms in total. The van der Waals surface area contributed by atoms with Crippen molar-refractivity contribution in [2.24, 2.45) is 5.73 Å². The van der Waals surface area contributed by atoms with Crippen molar-refractivity contribution in [2.75, 3.05) is 67.6 Å². The van der Waals surface area contributed by atoms with Gasteiger partial charge in [0.25, 0.3) is 0 Å². The molecule has 0 bridgehead atoms. The predicted molar refractivity (Wildman–Crippen MR) is 113 cm³/mol. The minimum absolute atomic E-state index is 0.369. The minimum Gasteiger partial charge on any atom is -0.378 e. The quantitative estimate of drug-likeness (QED) is 0.808. The molecule has 0 radical (unpaired) electrons. The largest absolute Gasteiger partial charge is 0.378 e. The van der Waals surface area contributed by atoms with Crippen LogP contribution in [0.3, 0.4) is 0 Å². The van der Waals surface area contributed by atoms with Gasteiger partial charge in [-0.1, -0.05) is 0 Å². The van der Waals surface area contributed by atoms with E-state index in [1.165, 1.54) is 5.69 Å². The average Bonchev–Trinajstić information content (AvgIpc) is 2.76. The van der Waals surface area contributed by atoms with Crippen molar-refractivity contribution >= 4 is 29.2 Å². The summed E-state index contributed by atoms with van der Waals surface area (Å²) in [4.78, 5) is 26.6. The summed E-state index contributed by atoms with van der Waals surface area (Å²) in [5, 5.41) is 3.29. The van der Waals surface area contributed by atoms with Gasteiger partial charge in [0.15, 0.2) is 0 Å². The lowest BCUT2D eigenvalue weighted by atomic mass is 10.2. The highest BCUT2D eigenvalue weighted by Crippen LogP contribution is 2.23. The first-order valence-corrected chi connectivity index (χ1v) is 9.93. The minimum atomic E-state index is -0.369. The normalized spacial score (nSPS) is 17.3. The number of aromatic nitrogens is 2. The molecule has 2 fully saturated rings. The molecule has 2 saturated heterocycles. The van der Waals surface area contributed by atoms with Crippen LogP contribution in [-0.4, -0.2) is 73.4 Å². The smallest absolute Gasteiger partial charge is 0.314 e. The second kappa shape index (κ2) is 8.52. The number of nitrogens with one attached hydrogen (secondary N) is 1. The van der Waals surface area contributed by atoms with Crippen LogP contribution in [-0.2, 0) is 4.74 Å². The van der Waals surface area contributed by atoms with Gasteiger partial charge in [-0.25, -0.2) is 9.78 Å². The van der Waals surface area contributed by atoms with Crippen LogP contribution in [0.1, 0.15) is 5.56 Å². The van der Waals surface area contributed by atoms with Crippen LogP contribution in [0.15, 0.2) is 30.5 Å². The number of anilines is 4. The fraction of sp³-hybridized carbons (Fsp3) is 0.450. The molecule has 0 aliphatic carbocycles. The van der Waals surface area contributed by atoms with Crippen molar-refractivity contribution in [1.29, 1.82) is 0 Å². The van der Waals surface area contributed by atoms with E-state index in [0.717, 1.165) is 43.4 Å². The number of amides is 2. The van der Waals surface area contributed by atoms with E-state index in [1.54, 1.807) is 4.90 Å². The van der Waals surface area contributed by atoms with Gasteiger partial charge in [0.1, 0.15) is 5.82 Å². The molecule has 3 heterocycles. The molecule has 2 aliphatic heterocycles. The van der Waals surface area contributed by atoms with Crippen LogP contribution < -0.4 is 20.9 Å². The summed E-state index contributed by atoms with van der Waals surface area (Å²) in [6.07, 6.45) is 1.83. The molecule has 1 aromatic carbocycles. The van der Waals surface area contributed by atoms with Gasteiger partial charge in [0, 0.05) is 62.4 Å². The number of hydrogen-bond donors (Lipinski definition) is 2. The van der Waals surface area contributed by atoms with Crippen LogP contribution in [0, 0.1) is 6.92 Å². The van der Waals surface area contributed by atoms with Crippen LogP contribution in [0.25, 0.3) is 0 Å². The standard InChI is InChI=1S/C20H27N7O2/c1-15-14-22-20(24-18(15)26-6-8-27(9-7-26)19(21)28)23-16-2-4-17(5-3-16)25-10-12-29-13-11-25/h2-5,14H,6-13H2,1H3,(H2,21,28)(H,22,23,24). The Labute approximate surface area is 170 Å². The van der Waals surface area contributed by atoms with Gasteiger partial charge in [-0.05, 0) is 31.2 Å². The second-order valence-corrected chi connectivity index (χ2v) is 7.28. The molecule has 4 rings (SSSR count). The van der Waals surface area contributed by atoms with E-state index < -0.39 is 0 Å². The van der Waals surface area contributed by atoms with E-state index in [9.17, 15) is 4.79 Å². The maximum Gasteiger partial charge on any atom is 0.314 e. The summed E-state index contributed by atoms with van der Waals surface area (Å²) in [6.45, 7) is 7.98. The lowest BCUT2D eigenvalue weighted by Gasteiger charge is -2.35. The van der Waals surface area contributed by atoms with Gasteiger partial charge in [0.05, 0.1) is 13.2 Å². The molecule has 2 amide bonds. The number of rotatable bonds is 4. The van der Waals surface area contributed by atoms with Crippen molar-refractivity contribution in [3.8, 4) is 0 Å².